The van der Waals surface area contributed by atoms with Crippen LogP contribution in [0.15, 0.2) is 41.6 Å². The van der Waals surface area contributed by atoms with Crippen LogP contribution in [0.3, 0.4) is 0 Å². The number of rotatable bonds is 4. The van der Waals surface area contributed by atoms with E-state index in [2.05, 4.69) is 5.16 Å². The van der Waals surface area contributed by atoms with Crippen molar-refractivity contribution >= 4 is 5.71 Å². The second-order valence-corrected chi connectivity index (χ2v) is 4.73. The summed E-state index contributed by atoms with van der Waals surface area (Å²) in [7, 11) is 0. The second-order valence-electron chi connectivity index (χ2n) is 4.73. The summed E-state index contributed by atoms with van der Waals surface area (Å²) in [6.07, 6.45) is 0. The minimum Gasteiger partial charge on any atom is -0.494 e. The van der Waals surface area contributed by atoms with E-state index in [1.54, 1.807) is 0 Å². The highest BCUT2D eigenvalue weighted by molar-refractivity contribution is 6.24. The maximum absolute atomic E-state index is 9.41. The standard InChI is InChI=1S/C17H17NO3/c1-3-20-11-5-7-13-14-8-6-12(21-4-2)10-16(14)17(18-19)15(13)9-11/h5-10,19H,3-4H2,1-2H3. The quantitative estimate of drug-likeness (QED) is 0.587. The van der Waals surface area contributed by atoms with E-state index in [-0.39, 0.29) is 0 Å². The van der Waals surface area contributed by atoms with Crippen LogP contribution >= 0.6 is 0 Å². The third-order valence-corrected chi connectivity index (χ3v) is 3.50. The Labute approximate surface area is 123 Å². The van der Waals surface area contributed by atoms with E-state index in [0.29, 0.717) is 18.9 Å². The zero-order chi connectivity index (χ0) is 14.8. The Morgan fingerprint density at radius 1 is 0.810 bits per heavy atom. The molecule has 0 fully saturated rings. The van der Waals surface area contributed by atoms with Gasteiger partial charge in [-0.15, -0.1) is 0 Å². The summed E-state index contributed by atoms with van der Waals surface area (Å²) in [5.41, 5.74) is 4.41. The van der Waals surface area contributed by atoms with Gasteiger partial charge in [-0.05, 0) is 61.4 Å². The van der Waals surface area contributed by atoms with Crippen molar-refractivity contribution in [1.29, 1.82) is 0 Å². The van der Waals surface area contributed by atoms with E-state index >= 15 is 0 Å². The normalized spacial score (nSPS) is 11.8. The fourth-order valence-electron chi connectivity index (χ4n) is 2.67. The van der Waals surface area contributed by atoms with Gasteiger partial charge < -0.3 is 14.7 Å². The van der Waals surface area contributed by atoms with Gasteiger partial charge in [0.15, 0.2) is 0 Å². The second kappa shape index (κ2) is 5.48. The van der Waals surface area contributed by atoms with Crippen LogP contribution in [0.5, 0.6) is 11.5 Å². The molecule has 0 aliphatic heterocycles. The minimum absolute atomic E-state index is 0.558. The first kappa shape index (κ1) is 13.5. The van der Waals surface area contributed by atoms with Crippen LogP contribution in [0.1, 0.15) is 25.0 Å². The van der Waals surface area contributed by atoms with Crippen molar-refractivity contribution in [1.82, 2.24) is 0 Å². The highest BCUT2D eigenvalue weighted by atomic mass is 16.5. The van der Waals surface area contributed by atoms with Crippen molar-refractivity contribution in [2.45, 2.75) is 13.8 Å². The molecule has 21 heavy (non-hydrogen) atoms. The van der Waals surface area contributed by atoms with Crippen molar-refractivity contribution in [2.24, 2.45) is 5.16 Å². The summed E-state index contributed by atoms with van der Waals surface area (Å²) in [6, 6.07) is 11.7. The van der Waals surface area contributed by atoms with Crippen molar-refractivity contribution < 1.29 is 14.7 Å². The number of ether oxygens (including phenoxy) is 2. The molecule has 1 aliphatic carbocycles. The molecule has 1 aliphatic rings. The van der Waals surface area contributed by atoms with E-state index in [1.807, 2.05) is 50.2 Å². The van der Waals surface area contributed by atoms with E-state index in [9.17, 15) is 5.21 Å². The van der Waals surface area contributed by atoms with Crippen LogP contribution in [0, 0.1) is 0 Å². The lowest BCUT2D eigenvalue weighted by atomic mass is 10.1. The Balaban J connectivity index is 2.12. The Morgan fingerprint density at radius 3 is 1.67 bits per heavy atom. The Morgan fingerprint density at radius 2 is 1.29 bits per heavy atom. The van der Waals surface area contributed by atoms with Crippen LogP contribution in [0.4, 0.5) is 0 Å². The van der Waals surface area contributed by atoms with Gasteiger partial charge in [0.25, 0.3) is 0 Å². The van der Waals surface area contributed by atoms with Crippen molar-refractivity contribution in [3.8, 4) is 22.6 Å². The predicted octanol–water partition coefficient (Wildman–Crippen LogP) is 3.69. The van der Waals surface area contributed by atoms with E-state index in [4.69, 9.17) is 9.47 Å². The highest BCUT2D eigenvalue weighted by Gasteiger charge is 2.26. The molecule has 0 bridgehead atoms. The van der Waals surface area contributed by atoms with Gasteiger partial charge >= 0.3 is 0 Å². The molecule has 0 amide bonds. The number of benzene rings is 2. The monoisotopic (exact) mass is 283 g/mol. The summed E-state index contributed by atoms with van der Waals surface area (Å²) < 4.78 is 11.0. The smallest absolute Gasteiger partial charge is 0.119 e. The number of oxime groups is 1. The van der Waals surface area contributed by atoms with E-state index in [0.717, 1.165) is 33.8 Å². The van der Waals surface area contributed by atoms with Crippen LogP contribution < -0.4 is 9.47 Å². The highest BCUT2D eigenvalue weighted by Crippen LogP contribution is 2.40. The average Bonchev–Trinajstić information content (AvgIpc) is 2.80. The summed E-state index contributed by atoms with van der Waals surface area (Å²) in [5, 5.41) is 12.9. The summed E-state index contributed by atoms with van der Waals surface area (Å²) in [5.74, 6) is 1.55. The molecule has 4 nitrogen and oxygen atoms in total. The van der Waals surface area contributed by atoms with Crippen molar-refractivity contribution in [3.05, 3.63) is 47.5 Å². The first-order valence-electron chi connectivity index (χ1n) is 7.05. The maximum Gasteiger partial charge on any atom is 0.119 e. The van der Waals surface area contributed by atoms with Crippen LogP contribution in [0.25, 0.3) is 11.1 Å². The van der Waals surface area contributed by atoms with Crippen LogP contribution in [-0.4, -0.2) is 24.1 Å². The Bertz CT molecular complexity index is 650. The third-order valence-electron chi connectivity index (χ3n) is 3.50. The molecule has 3 rings (SSSR count). The molecule has 0 saturated carbocycles. The van der Waals surface area contributed by atoms with Gasteiger partial charge in [0.2, 0.25) is 0 Å². The van der Waals surface area contributed by atoms with Gasteiger partial charge in [-0.3, -0.25) is 0 Å². The molecule has 0 saturated heterocycles. The summed E-state index contributed by atoms with van der Waals surface area (Å²) in [6.45, 7) is 5.09. The Kier molecular flexibility index (Phi) is 3.52. The van der Waals surface area contributed by atoms with Gasteiger partial charge in [-0.25, -0.2) is 0 Å². The first-order valence-corrected chi connectivity index (χ1v) is 7.05. The van der Waals surface area contributed by atoms with Crippen molar-refractivity contribution in [3.63, 3.8) is 0 Å². The lowest BCUT2D eigenvalue weighted by Crippen LogP contribution is -2.00. The topological polar surface area (TPSA) is 51.0 Å². The van der Waals surface area contributed by atoms with Crippen LogP contribution in [-0.2, 0) is 0 Å². The van der Waals surface area contributed by atoms with Gasteiger partial charge in [0, 0.05) is 11.1 Å². The summed E-state index contributed by atoms with van der Waals surface area (Å²) in [4.78, 5) is 0. The molecule has 0 radical (unpaired) electrons. The number of hydrogen-bond donors (Lipinski definition) is 1. The molecule has 0 unspecified atom stereocenters. The molecule has 0 spiro atoms. The van der Waals surface area contributed by atoms with E-state index < -0.39 is 0 Å². The Hall–Kier alpha value is -2.49. The SMILES string of the molecule is CCOc1ccc2c(c1)C(=NO)c1cc(OCC)ccc1-2. The molecule has 2 aromatic carbocycles. The maximum atomic E-state index is 9.41. The van der Waals surface area contributed by atoms with Crippen molar-refractivity contribution in [2.75, 3.05) is 13.2 Å². The van der Waals surface area contributed by atoms with E-state index in [1.165, 1.54) is 0 Å². The summed E-state index contributed by atoms with van der Waals surface area (Å²) >= 11 is 0. The minimum atomic E-state index is 0.558. The molecular weight excluding hydrogens is 266 g/mol. The lowest BCUT2D eigenvalue weighted by molar-refractivity contribution is 0.319. The molecule has 0 atom stereocenters. The predicted molar refractivity (Wildman–Crippen MR) is 81.6 cm³/mol. The number of hydrogen-bond acceptors (Lipinski definition) is 4. The first-order chi connectivity index (χ1) is 10.3. The van der Waals surface area contributed by atoms with Gasteiger partial charge in [0.05, 0.1) is 13.2 Å². The zero-order valence-electron chi connectivity index (χ0n) is 12.1. The van der Waals surface area contributed by atoms with Gasteiger partial charge in [0.1, 0.15) is 17.2 Å². The van der Waals surface area contributed by atoms with Gasteiger partial charge in [-0.2, -0.15) is 0 Å². The molecule has 0 heterocycles. The number of nitrogens with zero attached hydrogens (tertiary/aromatic N) is 1. The molecular formula is C17H17NO3. The molecule has 108 valence electrons. The molecule has 1 N–H and O–H groups in total. The zero-order valence-corrected chi connectivity index (χ0v) is 12.1. The fraction of sp³-hybridized carbons (Fsp3) is 0.235. The number of fused-ring (bicyclic) bond motifs is 3. The fourth-order valence-corrected chi connectivity index (χ4v) is 2.67. The van der Waals surface area contributed by atoms with Crippen LogP contribution in [0.2, 0.25) is 0 Å². The average molecular weight is 283 g/mol. The largest absolute Gasteiger partial charge is 0.494 e. The molecule has 2 aromatic rings. The molecule has 0 aromatic heterocycles. The lowest BCUT2D eigenvalue weighted by Gasteiger charge is -2.06. The third kappa shape index (κ3) is 2.23. The van der Waals surface area contributed by atoms with Gasteiger partial charge in [-0.1, -0.05) is 5.16 Å². The molecule has 4 heteroatoms.